The van der Waals surface area contributed by atoms with E-state index in [2.05, 4.69) is 5.32 Å². The molecule has 0 bridgehead atoms. The maximum atomic E-state index is 12.8. The van der Waals surface area contributed by atoms with Gasteiger partial charge in [-0.1, -0.05) is 11.6 Å². The quantitative estimate of drug-likeness (QED) is 0.501. The Morgan fingerprint density at radius 2 is 1.87 bits per heavy atom. The molecule has 1 aliphatic heterocycles. The van der Waals surface area contributed by atoms with Crippen LogP contribution in [0.15, 0.2) is 47.4 Å². The minimum absolute atomic E-state index is 0.0432. The van der Waals surface area contributed by atoms with E-state index >= 15 is 0 Å². The normalized spacial score (nSPS) is 14.8. The number of ether oxygens (including phenoxy) is 2. The molecule has 1 saturated heterocycles. The number of benzene rings is 2. The highest BCUT2D eigenvalue weighted by Crippen LogP contribution is 2.28. The predicted octanol–water partition coefficient (Wildman–Crippen LogP) is 2.29. The van der Waals surface area contributed by atoms with Crippen molar-refractivity contribution >= 4 is 38.9 Å². The molecule has 0 aliphatic carbocycles. The summed E-state index contributed by atoms with van der Waals surface area (Å²) in [7, 11) is -3.83. The van der Waals surface area contributed by atoms with Gasteiger partial charge < -0.3 is 14.8 Å². The lowest BCUT2D eigenvalue weighted by Gasteiger charge is -2.26. The maximum absolute atomic E-state index is 12.8. The molecular weight excluding hydrogens is 438 g/mol. The molecule has 2 aromatic carbocycles. The van der Waals surface area contributed by atoms with Crippen LogP contribution in [0.25, 0.3) is 0 Å². The largest absolute Gasteiger partial charge is 0.484 e. The van der Waals surface area contributed by atoms with Crippen molar-refractivity contribution in [1.82, 2.24) is 4.31 Å². The number of anilines is 1. The Balaban J connectivity index is 1.65. The number of carbonyl (C=O) groups is 1. The van der Waals surface area contributed by atoms with Crippen LogP contribution >= 0.6 is 11.6 Å². The second kappa shape index (κ2) is 9.39. The molecule has 30 heavy (non-hydrogen) atoms. The number of hydrogen-bond donors (Lipinski definition) is 1. The molecule has 0 radical (unpaired) electrons. The van der Waals surface area contributed by atoms with Gasteiger partial charge in [0.2, 0.25) is 10.0 Å². The molecule has 1 aliphatic rings. The summed E-state index contributed by atoms with van der Waals surface area (Å²) in [5.74, 6) is -0.257. The van der Waals surface area contributed by atoms with Gasteiger partial charge in [0.1, 0.15) is 10.6 Å². The predicted molar refractivity (Wildman–Crippen MR) is 108 cm³/mol. The Hall–Kier alpha value is -2.73. The summed E-state index contributed by atoms with van der Waals surface area (Å²) < 4.78 is 37.4. The van der Waals surface area contributed by atoms with Crippen LogP contribution < -0.4 is 10.1 Å². The van der Waals surface area contributed by atoms with E-state index in [0.29, 0.717) is 13.2 Å². The highest BCUT2D eigenvalue weighted by Gasteiger charge is 2.28. The number of amides is 1. The van der Waals surface area contributed by atoms with Crippen LogP contribution in [0.4, 0.5) is 11.4 Å². The van der Waals surface area contributed by atoms with E-state index < -0.39 is 20.9 Å². The number of nitro groups is 1. The Bertz CT molecular complexity index is 1040. The van der Waals surface area contributed by atoms with E-state index in [-0.39, 0.29) is 46.7 Å². The van der Waals surface area contributed by atoms with Gasteiger partial charge in [-0.3, -0.25) is 14.9 Å². The molecule has 160 valence electrons. The van der Waals surface area contributed by atoms with Crippen LogP contribution in [0.1, 0.15) is 0 Å². The molecule has 3 rings (SSSR count). The van der Waals surface area contributed by atoms with Crippen molar-refractivity contribution in [2.24, 2.45) is 0 Å². The Labute approximate surface area is 177 Å². The molecule has 0 unspecified atom stereocenters. The van der Waals surface area contributed by atoms with Gasteiger partial charge in [-0.25, -0.2) is 8.42 Å². The van der Waals surface area contributed by atoms with Crippen molar-refractivity contribution in [2.45, 2.75) is 4.90 Å². The molecule has 1 fully saturated rings. The van der Waals surface area contributed by atoms with Gasteiger partial charge in [-0.2, -0.15) is 4.31 Å². The third-order valence-electron chi connectivity index (χ3n) is 4.22. The minimum atomic E-state index is -3.83. The number of hydrogen-bond acceptors (Lipinski definition) is 7. The topological polar surface area (TPSA) is 128 Å². The summed E-state index contributed by atoms with van der Waals surface area (Å²) >= 11 is 6.09. The molecule has 1 heterocycles. The Morgan fingerprint density at radius 1 is 1.20 bits per heavy atom. The Kier molecular flexibility index (Phi) is 6.87. The number of morpholine rings is 1. The summed E-state index contributed by atoms with van der Waals surface area (Å²) in [5, 5.41) is 13.2. The molecule has 0 spiro atoms. The van der Waals surface area contributed by atoms with Crippen LogP contribution in [0.5, 0.6) is 5.75 Å². The smallest absolute Gasteiger partial charge is 0.269 e. The van der Waals surface area contributed by atoms with Gasteiger partial charge in [0.25, 0.3) is 11.6 Å². The van der Waals surface area contributed by atoms with Crippen LogP contribution in [-0.2, 0) is 19.6 Å². The van der Waals surface area contributed by atoms with E-state index in [9.17, 15) is 23.3 Å². The summed E-state index contributed by atoms with van der Waals surface area (Å²) in [6.45, 7) is 0.670. The monoisotopic (exact) mass is 455 g/mol. The first-order valence-electron chi connectivity index (χ1n) is 8.82. The first-order valence-corrected chi connectivity index (χ1v) is 10.6. The zero-order chi connectivity index (χ0) is 21.7. The molecule has 1 N–H and O–H groups in total. The number of nitrogens with one attached hydrogen (secondary N) is 1. The van der Waals surface area contributed by atoms with Crippen molar-refractivity contribution in [3.63, 3.8) is 0 Å². The molecule has 10 nitrogen and oxygen atoms in total. The summed E-state index contributed by atoms with van der Waals surface area (Å²) in [6, 6.07) is 9.43. The molecule has 2 aromatic rings. The van der Waals surface area contributed by atoms with Crippen molar-refractivity contribution in [3.8, 4) is 5.75 Å². The van der Waals surface area contributed by atoms with Crippen LogP contribution in [-0.4, -0.2) is 56.5 Å². The lowest BCUT2D eigenvalue weighted by atomic mass is 10.3. The van der Waals surface area contributed by atoms with Gasteiger partial charge in [-0.15, -0.1) is 0 Å². The number of nitrogens with zero attached hydrogens (tertiary/aromatic N) is 2. The number of non-ortho nitro benzene ring substituents is 1. The summed E-state index contributed by atoms with van der Waals surface area (Å²) in [4.78, 5) is 22.1. The van der Waals surface area contributed by atoms with Crippen LogP contribution in [0.3, 0.4) is 0 Å². The average Bonchev–Trinajstić information content (AvgIpc) is 2.74. The molecular formula is C18H18ClN3O7S. The fraction of sp³-hybridized carbons (Fsp3) is 0.278. The van der Waals surface area contributed by atoms with Gasteiger partial charge in [-0.05, 0) is 30.3 Å². The summed E-state index contributed by atoms with van der Waals surface area (Å²) in [5.41, 5.74) is 0.144. The highest BCUT2D eigenvalue weighted by atomic mass is 35.5. The fourth-order valence-corrected chi connectivity index (χ4v) is 4.62. The first kappa shape index (κ1) is 22.0. The van der Waals surface area contributed by atoms with E-state index in [4.69, 9.17) is 21.1 Å². The Morgan fingerprint density at radius 3 is 2.50 bits per heavy atom. The van der Waals surface area contributed by atoms with Crippen LogP contribution in [0, 0.1) is 10.1 Å². The van der Waals surface area contributed by atoms with Crippen LogP contribution in [0.2, 0.25) is 5.02 Å². The molecule has 1 amide bonds. The third kappa shape index (κ3) is 5.25. The molecule has 0 saturated carbocycles. The fourth-order valence-electron chi connectivity index (χ4n) is 2.71. The number of carbonyl (C=O) groups excluding carboxylic acids is 1. The number of halogens is 1. The first-order chi connectivity index (χ1) is 14.3. The minimum Gasteiger partial charge on any atom is -0.484 e. The van der Waals surface area contributed by atoms with Crippen molar-refractivity contribution in [2.75, 3.05) is 38.2 Å². The zero-order valence-electron chi connectivity index (χ0n) is 15.6. The van der Waals surface area contributed by atoms with E-state index in [1.165, 1.54) is 46.8 Å². The third-order valence-corrected chi connectivity index (χ3v) is 6.60. The zero-order valence-corrected chi connectivity index (χ0v) is 17.2. The molecule has 12 heteroatoms. The van der Waals surface area contributed by atoms with Gasteiger partial charge in [0, 0.05) is 30.9 Å². The summed E-state index contributed by atoms with van der Waals surface area (Å²) in [6.07, 6.45) is 0. The second-order valence-corrected chi connectivity index (χ2v) is 8.56. The van der Waals surface area contributed by atoms with E-state index in [1.807, 2.05) is 0 Å². The van der Waals surface area contributed by atoms with E-state index in [1.54, 1.807) is 0 Å². The van der Waals surface area contributed by atoms with Gasteiger partial charge in [0.05, 0.1) is 23.2 Å². The average molecular weight is 456 g/mol. The molecule has 0 atom stereocenters. The maximum Gasteiger partial charge on any atom is 0.269 e. The van der Waals surface area contributed by atoms with Crippen molar-refractivity contribution in [1.29, 1.82) is 0 Å². The lowest BCUT2D eigenvalue weighted by Crippen LogP contribution is -2.40. The van der Waals surface area contributed by atoms with Crippen molar-refractivity contribution < 1.29 is 27.6 Å². The standard InChI is InChI=1S/C18H18ClN3O7S/c19-16-6-1-13(11-17(16)30(26,27)21-7-9-28-10-8-21)20-18(23)12-29-15-4-2-14(3-5-15)22(24)25/h1-6,11H,7-10,12H2,(H,20,23). The second-order valence-electron chi connectivity index (χ2n) is 6.25. The van der Waals surface area contributed by atoms with E-state index in [0.717, 1.165) is 0 Å². The number of sulfonamides is 1. The van der Waals surface area contributed by atoms with Gasteiger partial charge >= 0.3 is 0 Å². The highest BCUT2D eigenvalue weighted by molar-refractivity contribution is 7.89. The number of nitro benzene ring substituents is 1. The van der Waals surface area contributed by atoms with Gasteiger partial charge in [0.15, 0.2) is 6.61 Å². The number of rotatable bonds is 7. The molecule has 0 aromatic heterocycles. The SMILES string of the molecule is O=C(COc1ccc([N+](=O)[O-])cc1)Nc1ccc(Cl)c(S(=O)(=O)N2CCOCC2)c1. The lowest BCUT2D eigenvalue weighted by molar-refractivity contribution is -0.384. The van der Waals surface area contributed by atoms with Crippen molar-refractivity contribution in [3.05, 3.63) is 57.6 Å².